The summed E-state index contributed by atoms with van der Waals surface area (Å²) in [5, 5.41) is 0. The summed E-state index contributed by atoms with van der Waals surface area (Å²) in [6.07, 6.45) is -0.992. The van der Waals surface area contributed by atoms with E-state index in [-0.39, 0.29) is 31.9 Å². The zero-order valence-corrected chi connectivity index (χ0v) is 9.32. The minimum absolute atomic E-state index is 0.00963. The van der Waals surface area contributed by atoms with Gasteiger partial charge in [-0.3, -0.25) is 9.59 Å². The molecule has 2 N–H and O–H groups in total. The van der Waals surface area contributed by atoms with Gasteiger partial charge in [0.1, 0.15) is 12.2 Å². The average molecular weight is 232 g/mol. The Hall–Kier alpha value is -1.17. The Morgan fingerprint density at radius 3 is 2.81 bits per heavy atom. The lowest BCUT2D eigenvalue weighted by Crippen LogP contribution is -2.44. The normalized spacial score (nSPS) is 24.8. The van der Waals surface area contributed by atoms with E-state index >= 15 is 0 Å². The van der Waals surface area contributed by atoms with E-state index in [0.717, 1.165) is 0 Å². The van der Waals surface area contributed by atoms with Crippen molar-refractivity contribution < 1.29 is 18.7 Å². The molecule has 0 spiro atoms. The van der Waals surface area contributed by atoms with Gasteiger partial charge in [0.2, 0.25) is 11.8 Å². The lowest BCUT2D eigenvalue weighted by atomic mass is 10.2. The Bertz CT molecular complexity index is 273. The van der Waals surface area contributed by atoms with Crippen molar-refractivity contribution in [1.82, 2.24) is 4.90 Å². The fraction of sp³-hybridized carbons (Fsp3) is 0.800. The molecule has 92 valence electrons. The molecule has 1 saturated heterocycles. The molecule has 5 nitrogen and oxygen atoms in total. The highest BCUT2D eigenvalue weighted by molar-refractivity contribution is 5.87. The average Bonchev–Trinajstić information content (AvgIpc) is 2.61. The fourth-order valence-electron chi connectivity index (χ4n) is 1.78. The number of hydrogen-bond acceptors (Lipinski definition) is 3. The highest BCUT2D eigenvalue weighted by atomic mass is 19.1. The molecule has 1 heterocycles. The second-order valence-corrected chi connectivity index (χ2v) is 3.74. The van der Waals surface area contributed by atoms with Crippen LogP contribution in [0.3, 0.4) is 0 Å². The number of rotatable bonds is 5. The zero-order chi connectivity index (χ0) is 12.1. The maximum absolute atomic E-state index is 13.1. The summed E-state index contributed by atoms with van der Waals surface area (Å²) >= 11 is 0. The summed E-state index contributed by atoms with van der Waals surface area (Å²) in [4.78, 5) is 23.9. The Morgan fingerprint density at radius 1 is 1.56 bits per heavy atom. The van der Waals surface area contributed by atoms with Crippen LogP contribution < -0.4 is 5.73 Å². The third-order valence-electron chi connectivity index (χ3n) is 2.56. The first-order valence-electron chi connectivity index (χ1n) is 5.36. The third-order valence-corrected chi connectivity index (χ3v) is 2.56. The van der Waals surface area contributed by atoms with E-state index in [9.17, 15) is 14.0 Å². The Kier molecular flexibility index (Phi) is 4.67. The molecule has 1 aliphatic rings. The van der Waals surface area contributed by atoms with Crippen LogP contribution >= 0.6 is 0 Å². The number of nitrogens with two attached hydrogens (primary N) is 1. The van der Waals surface area contributed by atoms with Crippen LogP contribution in [0.5, 0.6) is 0 Å². The largest absolute Gasteiger partial charge is 0.381 e. The molecule has 0 unspecified atom stereocenters. The van der Waals surface area contributed by atoms with Gasteiger partial charge in [-0.25, -0.2) is 4.39 Å². The highest BCUT2D eigenvalue weighted by Crippen LogP contribution is 2.20. The molecule has 0 aliphatic carbocycles. The first-order valence-corrected chi connectivity index (χ1v) is 5.36. The number of primary amides is 1. The van der Waals surface area contributed by atoms with E-state index in [1.54, 1.807) is 0 Å². The van der Waals surface area contributed by atoms with Crippen LogP contribution in [0.25, 0.3) is 0 Å². The molecule has 2 amide bonds. The monoisotopic (exact) mass is 232 g/mol. The number of halogens is 1. The van der Waals surface area contributed by atoms with E-state index in [1.807, 2.05) is 6.92 Å². The standard InChI is InChI=1S/C10H17FN2O3/c1-2-16-4-3-9(14)13-6-7(11)5-8(13)10(12)15/h7-8H,2-6H2,1H3,(H2,12,15)/t7-,8+/m1/s1. The van der Waals surface area contributed by atoms with Gasteiger partial charge in [-0.05, 0) is 6.92 Å². The predicted octanol–water partition coefficient (Wildman–Crippen LogP) is -0.163. The van der Waals surface area contributed by atoms with E-state index in [1.165, 1.54) is 4.90 Å². The van der Waals surface area contributed by atoms with E-state index in [2.05, 4.69) is 0 Å². The molecule has 0 aromatic heterocycles. The minimum atomic E-state index is -1.16. The Morgan fingerprint density at radius 2 is 2.25 bits per heavy atom. The first-order chi connectivity index (χ1) is 7.56. The topological polar surface area (TPSA) is 72.6 Å². The maximum atomic E-state index is 13.1. The number of ether oxygens (including phenoxy) is 1. The van der Waals surface area contributed by atoms with Crippen LogP contribution in [0.1, 0.15) is 19.8 Å². The zero-order valence-electron chi connectivity index (χ0n) is 9.32. The first kappa shape index (κ1) is 12.9. The van der Waals surface area contributed by atoms with Crippen LogP contribution in [0.15, 0.2) is 0 Å². The van der Waals surface area contributed by atoms with Crippen molar-refractivity contribution in [3.05, 3.63) is 0 Å². The van der Waals surface area contributed by atoms with Gasteiger partial charge in [0.25, 0.3) is 0 Å². The van der Waals surface area contributed by atoms with Crippen molar-refractivity contribution >= 4 is 11.8 Å². The number of likely N-dealkylation sites (tertiary alicyclic amines) is 1. The quantitative estimate of drug-likeness (QED) is 0.669. The number of hydrogen-bond donors (Lipinski definition) is 1. The van der Waals surface area contributed by atoms with E-state index in [4.69, 9.17) is 10.5 Å². The minimum Gasteiger partial charge on any atom is -0.381 e. The summed E-state index contributed by atoms with van der Waals surface area (Å²) in [7, 11) is 0. The van der Waals surface area contributed by atoms with Gasteiger partial charge in [0.15, 0.2) is 0 Å². The number of carbonyl (C=O) groups excluding carboxylic acids is 2. The molecule has 1 rings (SSSR count). The smallest absolute Gasteiger partial charge is 0.240 e. The van der Waals surface area contributed by atoms with Crippen LogP contribution in [0.2, 0.25) is 0 Å². The van der Waals surface area contributed by atoms with Gasteiger partial charge >= 0.3 is 0 Å². The molecule has 2 atom stereocenters. The van der Waals surface area contributed by atoms with E-state index < -0.39 is 18.1 Å². The molecule has 0 saturated carbocycles. The molecular formula is C10H17FN2O3. The number of alkyl halides is 1. The maximum Gasteiger partial charge on any atom is 0.240 e. The van der Waals surface area contributed by atoms with Gasteiger partial charge in [0.05, 0.1) is 19.6 Å². The molecule has 0 aromatic carbocycles. The van der Waals surface area contributed by atoms with Gasteiger partial charge in [-0.15, -0.1) is 0 Å². The van der Waals surface area contributed by atoms with Crippen molar-refractivity contribution in [2.24, 2.45) is 5.73 Å². The third kappa shape index (κ3) is 3.16. The molecule has 1 fully saturated rings. The Labute approximate surface area is 93.7 Å². The van der Waals surface area contributed by atoms with Crippen molar-refractivity contribution in [1.29, 1.82) is 0 Å². The predicted molar refractivity (Wildman–Crippen MR) is 55.3 cm³/mol. The van der Waals surface area contributed by atoms with Crippen LogP contribution in [-0.4, -0.2) is 48.7 Å². The number of carbonyl (C=O) groups is 2. The summed E-state index contributed by atoms with van der Waals surface area (Å²) in [5.74, 6) is -0.928. The van der Waals surface area contributed by atoms with Gasteiger partial charge < -0.3 is 15.4 Å². The molecular weight excluding hydrogens is 215 g/mol. The van der Waals surface area contributed by atoms with Crippen molar-refractivity contribution in [2.75, 3.05) is 19.8 Å². The van der Waals surface area contributed by atoms with Gasteiger partial charge in [-0.2, -0.15) is 0 Å². The van der Waals surface area contributed by atoms with Crippen molar-refractivity contribution in [3.63, 3.8) is 0 Å². The molecule has 0 aromatic rings. The summed E-state index contributed by atoms with van der Waals surface area (Å²) < 4.78 is 18.1. The van der Waals surface area contributed by atoms with Gasteiger partial charge in [-0.1, -0.05) is 0 Å². The van der Waals surface area contributed by atoms with Crippen LogP contribution in [0.4, 0.5) is 4.39 Å². The molecule has 0 bridgehead atoms. The van der Waals surface area contributed by atoms with E-state index in [0.29, 0.717) is 6.61 Å². The second-order valence-electron chi connectivity index (χ2n) is 3.74. The number of amides is 2. The second kappa shape index (κ2) is 5.79. The number of nitrogens with zero attached hydrogens (tertiary/aromatic N) is 1. The van der Waals surface area contributed by atoms with Crippen molar-refractivity contribution in [3.8, 4) is 0 Å². The molecule has 16 heavy (non-hydrogen) atoms. The summed E-state index contributed by atoms with van der Waals surface area (Å²) in [6.45, 7) is 2.59. The van der Waals surface area contributed by atoms with Crippen LogP contribution in [0, 0.1) is 0 Å². The molecule has 0 radical (unpaired) electrons. The Balaban J connectivity index is 2.50. The lowest BCUT2D eigenvalue weighted by molar-refractivity contribution is -0.138. The summed E-state index contributed by atoms with van der Waals surface area (Å²) in [5.41, 5.74) is 5.11. The van der Waals surface area contributed by atoms with Crippen molar-refractivity contribution in [2.45, 2.75) is 32.0 Å². The van der Waals surface area contributed by atoms with Gasteiger partial charge in [0, 0.05) is 13.0 Å². The fourth-order valence-corrected chi connectivity index (χ4v) is 1.78. The van der Waals surface area contributed by atoms with Crippen LogP contribution in [-0.2, 0) is 14.3 Å². The molecule has 1 aliphatic heterocycles. The lowest BCUT2D eigenvalue weighted by Gasteiger charge is -2.21. The SMILES string of the molecule is CCOCCC(=O)N1C[C@H](F)C[C@H]1C(N)=O. The summed E-state index contributed by atoms with van der Waals surface area (Å²) in [6, 6.07) is -0.802. The highest BCUT2D eigenvalue weighted by Gasteiger charge is 2.38. The molecule has 6 heteroatoms.